The maximum Gasteiger partial charge on any atom is 0.0284 e. The first-order chi connectivity index (χ1) is 26.1. The van der Waals surface area contributed by atoms with Crippen LogP contribution in [0.5, 0.6) is 0 Å². The highest BCUT2D eigenvalue weighted by molar-refractivity contribution is 5.53. The van der Waals surface area contributed by atoms with E-state index in [0.717, 1.165) is 12.8 Å². The fraction of sp³-hybridized carbons (Fsp3) is 0.296. The average Bonchev–Trinajstić information content (AvgIpc) is 3.11. The molecule has 0 saturated carbocycles. The molecule has 0 saturated heterocycles. The standard InChI is InChI=1S/C22H2.C20H20.C12H20/c1-3-5-7-9-11-13-15-17-19-21-22-20-18-16-14-12-10-8-6-4-2;1-20(2,3)19-14-17-10-5-4-8-15(17)12-13-16-9-6-7-11-18(16)19;1-12(2,3)11-9-7-5-4-6-8-10-11/h1-2H;4-11,19H,14H2,1-3H3;11H,4-7,9H2,1-3H3. The number of hydrogen-bond acceptors (Lipinski definition) is 0. The molecule has 2 unspecified atom stereocenters. The van der Waals surface area contributed by atoms with Crippen molar-refractivity contribution < 1.29 is 0 Å². The van der Waals surface area contributed by atoms with E-state index in [2.05, 4.69) is 232 Å². The summed E-state index contributed by atoms with van der Waals surface area (Å²) in [6.07, 6.45) is 17.3. The first-order valence-corrected chi connectivity index (χ1v) is 17.7. The van der Waals surface area contributed by atoms with Crippen molar-refractivity contribution in [3.63, 3.8) is 0 Å². The van der Waals surface area contributed by atoms with Crippen LogP contribution in [0, 0.1) is 172 Å². The zero-order valence-corrected chi connectivity index (χ0v) is 32.2. The van der Waals surface area contributed by atoms with Crippen LogP contribution in [-0.4, -0.2) is 0 Å². The molecule has 2 atom stereocenters. The molecule has 0 amide bonds. The Bertz CT molecular complexity index is 2350. The number of fused-ring (bicyclic) bond motifs is 2. The second-order valence-electron chi connectivity index (χ2n) is 14.0. The topological polar surface area (TPSA) is 0 Å². The molecule has 2 aliphatic carbocycles. The van der Waals surface area contributed by atoms with Crippen molar-refractivity contribution in [2.24, 2.45) is 16.7 Å². The summed E-state index contributed by atoms with van der Waals surface area (Å²) in [6.45, 7) is 13.9. The van der Waals surface area contributed by atoms with Gasteiger partial charge in [0.05, 0.1) is 0 Å². The second kappa shape index (κ2) is 24.8. The summed E-state index contributed by atoms with van der Waals surface area (Å²) in [4.78, 5) is 0. The minimum Gasteiger partial charge on any atom is -0.106 e. The molecule has 0 aromatic heterocycles. The Kier molecular flexibility index (Phi) is 19.7. The normalized spacial score (nSPS) is 13.4. The highest BCUT2D eigenvalue weighted by Crippen LogP contribution is 2.40. The molecule has 4 rings (SSSR count). The number of hydrogen-bond donors (Lipinski definition) is 0. The lowest BCUT2D eigenvalue weighted by atomic mass is 9.71. The smallest absolute Gasteiger partial charge is 0.0284 e. The highest BCUT2D eigenvalue weighted by Gasteiger charge is 2.29. The van der Waals surface area contributed by atoms with Gasteiger partial charge in [-0.3, -0.25) is 0 Å². The number of rotatable bonds is 0. The van der Waals surface area contributed by atoms with Gasteiger partial charge in [0.15, 0.2) is 0 Å². The predicted molar refractivity (Wildman–Crippen MR) is 226 cm³/mol. The first-order valence-electron chi connectivity index (χ1n) is 17.7. The van der Waals surface area contributed by atoms with Crippen molar-refractivity contribution in [2.45, 2.75) is 86.0 Å². The zero-order valence-electron chi connectivity index (χ0n) is 32.2. The largest absolute Gasteiger partial charge is 0.106 e. The maximum absolute atomic E-state index is 4.90. The Morgan fingerprint density at radius 1 is 0.519 bits per heavy atom. The van der Waals surface area contributed by atoms with Crippen molar-refractivity contribution in [1.29, 1.82) is 0 Å². The summed E-state index contributed by atoms with van der Waals surface area (Å²) in [6, 6.07) is 17.2. The van der Waals surface area contributed by atoms with E-state index < -0.39 is 0 Å². The van der Waals surface area contributed by atoms with Crippen LogP contribution in [0.25, 0.3) is 0 Å². The van der Waals surface area contributed by atoms with Crippen LogP contribution in [0.3, 0.4) is 0 Å². The van der Waals surface area contributed by atoms with Gasteiger partial charge in [-0.25, -0.2) is 0 Å². The second-order valence-corrected chi connectivity index (χ2v) is 14.0. The molecule has 0 fully saturated rings. The van der Waals surface area contributed by atoms with E-state index in [1.165, 1.54) is 47.9 Å². The maximum atomic E-state index is 4.90. The fourth-order valence-electron chi connectivity index (χ4n) is 5.20. The summed E-state index contributed by atoms with van der Waals surface area (Å²) in [5, 5.41) is 0. The van der Waals surface area contributed by atoms with Crippen molar-refractivity contribution in [3.05, 3.63) is 70.8 Å². The molecule has 2 aromatic carbocycles. The third-order valence-corrected chi connectivity index (χ3v) is 7.98. The molecule has 2 aliphatic rings. The Balaban J connectivity index is 0.000000291. The number of benzene rings is 2. The van der Waals surface area contributed by atoms with Gasteiger partial charge in [0.1, 0.15) is 0 Å². The molecule has 0 bridgehead atoms. The molecular weight excluding hydrogens is 649 g/mol. The Labute approximate surface area is 327 Å². The van der Waals surface area contributed by atoms with Gasteiger partial charge in [-0.15, -0.1) is 18.8 Å². The summed E-state index contributed by atoms with van der Waals surface area (Å²) in [5.41, 5.74) is 5.72. The lowest BCUT2D eigenvalue weighted by Crippen LogP contribution is -2.22. The summed E-state index contributed by atoms with van der Waals surface area (Å²) < 4.78 is 0. The molecule has 0 aliphatic heterocycles. The van der Waals surface area contributed by atoms with Gasteiger partial charge < -0.3 is 0 Å². The summed E-state index contributed by atoms with van der Waals surface area (Å²) >= 11 is 0. The first kappa shape index (κ1) is 42.9. The van der Waals surface area contributed by atoms with Gasteiger partial charge in [0.25, 0.3) is 0 Å². The lowest BCUT2D eigenvalue weighted by Gasteiger charge is -2.33. The summed E-state index contributed by atoms with van der Waals surface area (Å²) in [7, 11) is 0. The van der Waals surface area contributed by atoms with E-state index >= 15 is 0 Å². The quantitative estimate of drug-likeness (QED) is 0.243. The monoisotopic (exact) mass is 690 g/mol. The third kappa shape index (κ3) is 18.1. The van der Waals surface area contributed by atoms with E-state index in [-0.39, 0.29) is 5.41 Å². The van der Waals surface area contributed by atoms with Crippen molar-refractivity contribution >= 4 is 0 Å². The van der Waals surface area contributed by atoms with Crippen LogP contribution in [-0.2, 0) is 6.42 Å². The summed E-state index contributed by atoms with van der Waals surface area (Å²) in [5.74, 6) is 62.7. The van der Waals surface area contributed by atoms with Gasteiger partial charge in [0.2, 0.25) is 0 Å². The molecule has 258 valence electrons. The van der Waals surface area contributed by atoms with E-state index in [0.29, 0.717) is 17.3 Å². The van der Waals surface area contributed by atoms with Crippen LogP contribution < -0.4 is 0 Å². The molecule has 0 nitrogen and oxygen atoms in total. The minimum atomic E-state index is 0.224. The van der Waals surface area contributed by atoms with E-state index in [4.69, 9.17) is 12.8 Å². The van der Waals surface area contributed by atoms with E-state index in [1.807, 2.05) is 0 Å². The molecule has 0 radical (unpaired) electrons. The van der Waals surface area contributed by atoms with Crippen LogP contribution in [0.4, 0.5) is 0 Å². The van der Waals surface area contributed by atoms with Gasteiger partial charge in [0, 0.05) is 47.1 Å². The van der Waals surface area contributed by atoms with Gasteiger partial charge in [-0.05, 0) is 154 Å². The molecular formula is C54H42. The minimum absolute atomic E-state index is 0.224. The number of terminal acetylenes is 2. The van der Waals surface area contributed by atoms with Crippen molar-refractivity contribution in [3.8, 4) is 155 Å². The Morgan fingerprint density at radius 3 is 1.44 bits per heavy atom. The third-order valence-electron chi connectivity index (χ3n) is 7.98. The van der Waals surface area contributed by atoms with Crippen LogP contribution >= 0.6 is 0 Å². The van der Waals surface area contributed by atoms with E-state index in [1.54, 1.807) is 0 Å². The van der Waals surface area contributed by atoms with Gasteiger partial charge in [-0.2, -0.15) is 0 Å². The van der Waals surface area contributed by atoms with Crippen LogP contribution in [0.1, 0.15) is 102 Å². The highest BCUT2D eigenvalue weighted by atomic mass is 14.3. The Hall–Kier alpha value is -7.28. The van der Waals surface area contributed by atoms with Gasteiger partial charge in [-0.1, -0.05) is 109 Å². The molecule has 2 aromatic rings. The van der Waals surface area contributed by atoms with Crippen molar-refractivity contribution in [2.75, 3.05) is 0 Å². The Morgan fingerprint density at radius 2 is 0.963 bits per heavy atom. The molecule has 0 heteroatoms. The van der Waals surface area contributed by atoms with E-state index in [9.17, 15) is 0 Å². The van der Waals surface area contributed by atoms with Crippen molar-refractivity contribution in [1.82, 2.24) is 0 Å². The average molecular weight is 691 g/mol. The molecule has 0 N–H and O–H groups in total. The van der Waals surface area contributed by atoms with Gasteiger partial charge >= 0.3 is 0 Å². The van der Waals surface area contributed by atoms with Crippen LogP contribution in [0.15, 0.2) is 48.5 Å². The molecule has 0 heterocycles. The van der Waals surface area contributed by atoms with Crippen LogP contribution in [0.2, 0.25) is 0 Å². The molecule has 0 spiro atoms. The fourth-order valence-corrected chi connectivity index (χ4v) is 5.20. The SMILES string of the molecule is C#CC#CC#CC#CC#CC#CC#CC#CC#CC#CC#C.CC(C)(C)C1C#CCCCCC1.CC(C)(C)C1Cc2ccccc2C#Cc2ccccc21. The molecule has 54 heavy (non-hydrogen) atoms. The predicted octanol–water partition coefficient (Wildman–Crippen LogP) is 8.67. The zero-order chi connectivity index (χ0) is 39.3. The lowest BCUT2D eigenvalue weighted by molar-refractivity contribution is 0.279.